The molecule has 1 fully saturated rings. The number of benzene rings is 1. The summed E-state index contributed by atoms with van der Waals surface area (Å²) in [5.41, 5.74) is 0.0862. The van der Waals surface area contributed by atoms with Crippen LogP contribution in [0.15, 0.2) is 24.3 Å². The first kappa shape index (κ1) is 14.7. The van der Waals surface area contributed by atoms with Gasteiger partial charge in [0, 0.05) is 0 Å². The van der Waals surface area contributed by atoms with E-state index in [1.165, 1.54) is 0 Å². The molecule has 0 aliphatic heterocycles. The number of methoxy groups -OCH3 is 1. The number of carboxylic acids is 1. The molecule has 0 unspecified atom stereocenters. The van der Waals surface area contributed by atoms with E-state index in [4.69, 9.17) is 4.74 Å². The van der Waals surface area contributed by atoms with Crippen molar-refractivity contribution in [3.8, 4) is 5.75 Å². The van der Waals surface area contributed by atoms with Gasteiger partial charge < -0.3 is 15.2 Å². The zero-order valence-electron chi connectivity index (χ0n) is 12.4. The number of rotatable bonds is 4. The number of carbonyl (C=O) groups is 1. The van der Waals surface area contributed by atoms with E-state index in [0.29, 0.717) is 18.6 Å². The van der Waals surface area contributed by atoms with Crippen LogP contribution in [0.4, 0.5) is 5.69 Å². The maximum atomic E-state index is 11.8. The average Bonchev–Trinajstić information content (AvgIpc) is 2.42. The molecule has 0 heterocycles. The van der Waals surface area contributed by atoms with Crippen molar-refractivity contribution in [3.63, 3.8) is 0 Å². The zero-order chi connectivity index (χ0) is 14.8. The van der Waals surface area contributed by atoms with Crippen molar-refractivity contribution in [2.24, 2.45) is 5.41 Å². The number of aliphatic carboxylic acids is 1. The summed E-state index contributed by atoms with van der Waals surface area (Å²) in [4.78, 5) is 11.8. The fourth-order valence-corrected chi connectivity index (χ4v) is 2.75. The van der Waals surface area contributed by atoms with Crippen molar-refractivity contribution >= 4 is 11.7 Å². The monoisotopic (exact) mass is 277 g/mol. The molecule has 0 atom stereocenters. The van der Waals surface area contributed by atoms with Crippen LogP contribution >= 0.6 is 0 Å². The lowest BCUT2D eigenvalue weighted by molar-refractivity contribution is -0.144. The molecular weight excluding hydrogens is 254 g/mol. The number of ether oxygens (including phenoxy) is 1. The number of anilines is 1. The fraction of sp³-hybridized carbons (Fsp3) is 0.562. The minimum absolute atomic E-state index is 0.224. The van der Waals surface area contributed by atoms with E-state index >= 15 is 0 Å². The standard InChI is InChI=1S/C16H23NO3/c1-15(2)8-10-16(11-9-15,14(18)19)17-12-6-4-5-7-13(12)20-3/h4-7,17H,8-11H2,1-3H3,(H,18,19). The van der Waals surface area contributed by atoms with E-state index in [0.717, 1.165) is 18.5 Å². The Balaban J connectivity index is 2.25. The highest BCUT2D eigenvalue weighted by Crippen LogP contribution is 2.42. The molecule has 1 saturated carbocycles. The molecule has 1 aliphatic rings. The molecule has 20 heavy (non-hydrogen) atoms. The molecule has 1 aliphatic carbocycles. The van der Waals surface area contributed by atoms with E-state index in [1.807, 2.05) is 24.3 Å². The molecule has 0 aromatic heterocycles. The molecule has 0 bridgehead atoms. The molecule has 0 radical (unpaired) electrons. The van der Waals surface area contributed by atoms with Crippen LogP contribution < -0.4 is 10.1 Å². The van der Waals surface area contributed by atoms with Gasteiger partial charge in [-0.15, -0.1) is 0 Å². The molecule has 4 heteroatoms. The highest BCUT2D eigenvalue weighted by Gasteiger charge is 2.44. The lowest BCUT2D eigenvalue weighted by Crippen LogP contribution is -2.50. The first-order valence-corrected chi connectivity index (χ1v) is 7.03. The zero-order valence-corrected chi connectivity index (χ0v) is 12.4. The third-order valence-electron chi connectivity index (χ3n) is 4.35. The quantitative estimate of drug-likeness (QED) is 0.884. The van der Waals surface area contributed by atoms with Gasteiger partial charge in [-0.1, -0.05) is 26.0 Å². The third kappa shape index (κ3) is 2.89. The number of hydrogen-bond donors (Lipinski definition) is 2. The van der Waals surface area contributed by atoms with Crippen LogP contribution in [0, 0.1) is 5.41 Å². The molecule has 1 aromatic rings. The second-order valence-electron chi connectivity index (χ2n) is 6.38. The second kappa shape index (κ2) is 5.35. The molecule has 0 saturated heterocycles. The maximum Gasteiger partial charge on any atom is 0.329 e. The first-order chi connectivity index (χ1) is 9.38. The Bertz CT molecular complexity index is 486. The second-order valence-corrected chi connectivity index (χ2v) is 6.38. The Morgan fingerprint density at radius 1 is 1.20 bits per heavy atom. The summed E-state index contributed by atoms with van der Waals surface area (Å²) >= 11 is 0. The van der Waals surface area contributed by atoms with Gasteiger partial charge in [0.2, 0.25) is 0 Å². The highest BCUT2D eigenvalue weighted by atomic mass is 16.5. The maximum absolute atomic E-state index is 11.8. The predicted molar refractivity (Wildman–Crippen MR) is 79.2 cm³/mol. The van der Waals surface area contributed by atoms with E-state index in [-0.39, 0.29) is 5.41 Å². The Labute approximate surface area is 120 Å². The first-order valence-electron chi connectivity index (χ1n) is 7.03. The summed E-state index contributed by atoms with van der Waals surface area (Å²) in [5, 5.41) is 12.9. The Morgan fingerprint density at radius 3 is 2.35 bits per heavy atom. The fourth-order valence-electron chi connectivity index (χ4n) is 2.75. The van der Waals surface area contributed by atoms with E-state index < -0.39 is 11.5 Å². The summed E-state index contributed by atoms with van der Waals surface area (Å²) < 4.78 is 5.30. The van der Waals surface area contributed by atoms with Crippen LogP contribution in [0.5, 0.6) is 5.75 Å². The van der Waals surface area contributed by atoms with Gasteiger partial charge >= 0.3 is 5.97 Å². The molecule has 0 amide bonds. The van der Waals surface area contributed by atoms with Gasteiger partial charge in [-0.3, -0.25) is 0 Å². The molecule has 110 valence electrons. The van der Waals surface area contributed by atoms with Crippen LogP contribution in [0.3, 0.4) is 0 Å². The van der Waals surface area contributed by atoms with E-state index in [2.05, 4.69) is 19.2 Å². The van der Waals surface area contributed by atoms with Gasteiger partial charge in [0.05, 0.1) is 12.8 Å². The molecule has 1 aromatic carbocycles. The van der Waals surface area contributed by atoms with Gasteiger partial charge in [-0.05, 0) is 43.2 Å². The van der Waals surface area contributed by atoms with Gasteiger partial charge in [0.15, 0.2) is 0 Å². The SMILES string of the molecule is COc1ccccc1NC1(C(=O)O)CCC(C)(C)CC1. The molecule has 0 spiro atoms. The Morgan fingerprint density at radius 2 is 1.80 bits per heavy atom. The van der Waals surface area contributed by atoms with Crippen molar-refractivity contribution in [2.45, 2.75) is 45.1 Å². The molecule has 2 N–H and O–H groups in total. The summed E-state index contributed by atoms with van der Waals surface area (Å²) in [5.74, 6) is -0.100. The molecular formula is C16H23NO3. The lowest BCUT2D eigenvalue weighted by atomic mass is 9.69. The van der Waals surface area contributed by atoms with Crippen molar-refractivity contribution in [1.82, 2.24) is 0 Å². The number of carboxylic acid groups (broad SMARTS) is 1. The van der Waals surface area contributed by atoms with E-state index in [1.54, 1.807) is 7.11 Å². The predicted octanol–water partition coefficient (Wildman–Crippen LogP) is 3.53. The van der Waals surface area contributed by atoms with Crippen LogP contribution in [0.2, 0.25) is 0 Å². The van der Waals surface area contributed by atoms with Crippen molar-refractivity contribution < 1.29 is 14.6 Å². The minimum atomic E-state index is -0.885. The summed E-state index contributed by atoms with van der Waals surface area (Å²) in [6, 6.07) is 7.46. The van der Waals surface area contributed by atoms with Crippen LogP contribution in [0.1, 0.15) is 39.5 Å². The topological polar surface area (TPSA) is 58.6 Å². The highest BCUT2D eigenvalue weighted by molar-refractivity contribution is 5.83. The summed E-state index contributed by atoms with van der Waals surface area (Å²) in [7, 11) is 1.60. The number of nitrogens with one attached hydrogen (secondary N) is 1. The van der Waals surface area contributed by atoms with Gasteiger partial charge in [-0.25, -0.2) is 4.79 Å². The summed E-state index contributed by atoms with van der Waals surface area (Å²) in [6.45, 7) is 4.39. The van der Waals surface area contributed by atoms with Crippen LogP contribution in [-0.4, -0.2) is 23.7 Å². The van der Waals surface area contributed by atoms with Crippen LogP contribution in [0.25, 0.3) is 0 Å². The van der Waals surface area contributed by atoms with E-state index in [9.17, 15) is 9.90 Å². The van der Waals surface area contributed by atoms with Crippen LogP contribution in [-0.2, 0) is 4.79 Å². The van der Waals surface area contributed by atoms with Crippen molar-refractivity contribution in [1.29, 1.82) is 0 Å². The van der Waals surface area contributed by atoms with Crippen molar-refractivity contribution in [2.75, 3.05) is 12.4 Å². The summed E-state index contributed by atoms with van der Waals surface area (Å²) in [6.07, 6.45) is 3.07. The third-order valence-corrected chi connectivity index (χ3v) is 4.35. The van der Waals surface area contributed by atoms with Gasteiger partial charge in [-0.2, -0.15) is 0 Å². The number of hydrogen-bond acceptors (Lipinski definition) is 3. The lowest BCUT2D eigenvalue weighted by Gasteiger charge is -2.41. The minimum Gasteiger partial charge on any atom is -0.495 e. The van der Waals surface area contributed by atoms with Gasteiger partial charge in [0.1, 0.15) is 11.3 Å². The largest absolute Gasteiger partial charge is 0.495 e. The molecule has 4 nitrogen and oxygen atoms in total. The normalized spacial score (nSPS) is 20.1. The van der Waals surface area contributed by atoms with Gasteiger partial charge in [0.25, 0.3) is 0 Å². The van der Waals surface area contributed by atoms with Crippen molar-refractivity contribution in [3.05, 3.63) is 24.3 Å². The average molecular weight is 277 g/mol. The Hall–Kier alpha value is -1.71. The smallest absolute Gasteiger partial charge is 0.329 e. The number of para-hydroxylation sites is 2. The Kier molecular flexibility index (Phi) is 3.93. The molecule has 2 rings (SSSR count).